The highest BCUT2D eigenvalue weighted by Gasteiger charge is 2.19. The van der Waals surface area contributed by atoms with Gasteiger partial charge in [-0.25, -0.2) is 9.37 Å². The highest BCUT2D eigenvalue weighted by atomic mass is 35.5. The molecule has 2 N–H and O–H groups in total. The summed E-state index contributed by atoms with van der Waals surface area (Å²) in [7, 11) is 0. The van der Waals surface area contributed by atoms with Gasteiger partial charge in [0.05, 0.1) is 12.7 Å². The Labute approximate surface area is 97.4 Å². The summed E-state index contributed by atoms with van der Waals surface area (Å²) in [4.78, 5) is 19.5. The van der Waals surface area contributed by atoms with Crippen molar-refractivity contribution < 1.29 is 9.18 Å². The SMILES string of the molecule is CC(C)N(CC(N)=O)c1nc(Cl)ncc1F. The Kier molecular flexibility index (Phi) is 4.00. The molecule has 1 amide bonds. The molecule has 0 aliphatic carbocycles. The lowest BCUT2D eigenvalue weighted by molar-refractivity contribution is -0.116. The van der Waals surface area contributed by atoms with E-state index in [2.05, 4.69) is 9.97 Å². The maximum absolute atomic E-state index is 13.5. The van der Waals surface area contributed by atoms with Crippen molar-refractivity contribution in [3.05, 3.63) is 17.3 Å². The Hall–Kier alpha value is -1.43. The average Bonchev–Trinajstić information content (AvgIpc) is 2.18. The first-order chi connectivity index (χ1) is 7.41. The molecule has 0 aliphatic rings. The van der Waals surface area contributed by atoms with E-state index >= 15 is 0 Å². The molecule has 0 bridgehead atoms. The number of hydrogen-bond donors (Lipinski definition) is 1. The molecule has 0 aromatic carbocycles. The van der Waals surface area contributed by atoms with Crippen molar-refractivity contribution >= 4 is 23.3 Å². The van der Waals surface area contributed by atoms with Crippen LogP contribution in [0.15, 0.2) is 6.20 Å². The molecular weight excluding hydrogens is 235 g/mol. The van der Waals surface area contributed by atoms with Gasteiger partial charge < -0.3 is 10.6 Å². The quantitative estimate of drug-likeness (QED) is 0.804. The minimum Gasteiger partial charge on any atom is -0.368 e. The van der Waals surface area contributed by atoms with Gasteiger partial charge >= 0.3 is 0 Å². The number of primary amides is 1. The summed E-state index contributed by atoms with van der Waals surface area (Å²) in [6, 6.07) is -0.132. The van der Waals surface area contributed by atoms with Gasteiger partial charge in [0.2, 0.25) is 11.2 Å². The van der Waals surface area contributed by atoms with Gasteiger partial charge in [-0.05, 0) is 25.4 Å². The fourth-order valence-electron chi connectivity index (χ4n) is 1.21. The molecule has 0 aliphatic heterocycles. The number of anilines is 1. The number of hydrogen-bond acceptors (Lipinski definition) is 4. The fraction of sp³-hybridized carbons (Fsp3) is 0.444. The zero-order valence-corrected chi connectivity index (χ0v) is 9.70. The third-order valence-electron chi connectivity index (χ3n) is 1.92. The molecule has 1 aromatic heterocycles. The van der Waals surface area contributed by atoms with Crippen molar-refractivity contribution in [3.8, 4) is 0 Å². The van der Waals surface area contributed by atoms with E-state index in [1.54, 1.807) is 13.8 Å². The van der Waals surface area contributed by atoms with Crippen LogP contribution in [0.3, 0.4) is 0 Å². The van der Waals surface area contributed by atoms with Crippen LogP contribution in [0, 0.1) is 5.82 Å². The van der Waals surface area contributed by atoms with Crippen LogP contribution in [-0.4, -0.2) is 28.5 Å². The second-order valence-corrected chi connectivity index (χ2v) is 3.84. The summed E-state index contributed by atoms with van der Waals surface area (Å²) in [5.41, 5.74) is 5.08. The summed E-state index contributed by atoms with van der Waals surface area (Å²) in [6.07, 6.45) is 0.959. The van der Waals surface area contributed by atoms with Gasteiger partial charge in [0, 0.05) is 6.04 Å². The highest BCUT2D eigenvalue weighted by molar-refractivity contribution is 6.28. The Bertz CT molecular complexity index is 399. The number of amides is 1. The zero-order valence-electron chi connectivity index (χ0n) is 8.94. The van der Waals surface area contributed by atoms with Crippen LogP contribution in [0.25, 0.3) is 0 Å². The van der Waals surface area contributed by atoms with E-state index in [-0.39, 0.29) is 23.7 Å². The van der Waals surface area contributed by atoms with Gasteiger partial charge in [0.25, 0.3) is 0 Å². The van der Waals surface area contributed by atoms with Gasteiger partial charge in [0.1, 0.15) is 0 Å². The predicted octanol–water partition coefficient (Wildman–Crippen LogP) is 0.969. The standard InChI is InChI=1S/C9H12ClFN4O/c1-5(2)15(4-7(12)16)8-6(11)3-13-9(10)14-8/h3,5H,4H2,1-2H3,(H2,12,16). The molecule has 0 spiro atoms. The van der Waals surface area contributed by atoms with Crippen LogP contribution in [0.2, 0.25) is 5.28 Å². The van der Waals surface area contributed by atoms with E-state index < -0.39 is 11.7 Å². The van der Waals surface area contributed by atoms with E-state index in [9.17, 15) is 9.18 Å². The number of carbonyl (C=O) groups is 1. The zero-order chi connectivity index (χ0) is 12.3. The molecule has 1 rings (SSSR count). The summed E-state index contributed by atoms with van der Waals surface area (Å²) < 4.78 is 13.5. The van der Waals surface area contributed by atoms with Crippen molar-refractivity contribution in [1.29, 1.82) is 0 Å². The van der Waals surface area contributed by atoms with E-state index in [1.807, 2.05) is 0 Å². The van der Waals surface area contributed by atoms with Crippen LogP contribution in [0.4, 0.5) is 10.2 Å². The van der Waals surface area contributed by atoms with E-state index in [0.717, 1.165) is 6.20 Å². The van der Waals surface area contributed by atoms with Crippen LogP contribution < -0.4 is 10.6 Å². The molecule has 16 heavy (non-hydrogen) atoms. The van der Waals surface area contributed by atoms with Gasteiger partial charge in [0.15, 0.2) is 11.6 Å². The second-order valence-electron chi connectivity index (χ2n) is 3.50. The maximum atomic E-state index is 13.5. The van der Waals surface area contributed by atoms with Crippen molar-refractivity contribution in [3.63, 3.8) is 0 Å². The van der Waals surface area contributed by atoms with Gasteiger partial charge in [-0.2, -0.15) is 4.98 Å². The monoisotopic (exact) mass is 246 g/mol. The average molecular weight is 247 g/mol. The number of nitrogens with zero attached hydrogens (tertiary/aromatic N) is 3. The maximum Gasteiger partial charge on any atom is 0.237 e. The number of halogens is 2. The fourth-order valence-corrected chi connectivity index (χ4v) is 1.34. The summed E-state index contributed by atoms with van der Waals surface area (Å²) in [6.45, 7) is 3.46. The van der Waals surface area contributed by atoms with E-state index in [0.29, 0.717) is 0 Å². The number of aromatic nitrogens is 2. The first-order valence-corrected chi connectivity index (χ1v) is 5.02. The first-order valence-electron chi connectivity index (χ1n) is 4.64. The molecule has 0 radical (unpaired) electrons. The lowest BCUT2D eigenvalue weighted by Crippen LogP contribution is -2.39. The minimum atomic E-state index is -0.639. The minimum absolute atomic E-state index is 0.0196. The first kappa shape index (κ1) is 12.6. The molecule has 0 saturated carbocycles. The molecule has 7 heteroatoms. The summed E-state index contributed by atoms with van der Waals surface area (Å²) in [5, 5.41) is -0.0773. The molecule has 0 saturated heterocycles. The lowest BCUT2D eigenvalue weighted by Gasteiger charge is -2.26. The van der Waals surface area contributed by atoms with E-state index in [1.165, 1.54) is 4.90 Å². The molecule has 1 heterocycles. The Morgan fingerprint density at radius 2 is 2.31 bits per heavy atom. The molecule has 0 unspecified atom stereocenters. The van der Waals surface area contributed by atoms with Crippen LogP contribution in [-0.2, 0) is 4.79 Å². The van der Waals surface area contributed by atoms with Crippen molar-refractivity contribution in [1.82, 2.24) is 9.97 Å². The Morgan fingerprint density at radius 3 is 2.81 bits per heavy atom. The van der Waals surface area contributed by atoms with Crippen molar-refractivity contribution in [2.24, 2.45) is 5.73 Å². The summed E-state index contributed by atoms with van der Waals surface area (Å²) >= 11 is 5.57. The van der Waals surface area contributed by atoms with Crippen LogP contribution >= 0.6 is 11.6 Å². The number of nitrogens with two attached hydrogens (primary N) is 1. The number of carbonyl (C=O) groups excluding carboxylic acids is 1. The smallest absolute Gasteiger partial charge is 0.237 e. The molecule has 88 valence electrons. The van der Waals surface area contributed by atoms with Crippen molar-refractivity contribution in [2.75, 3.05) is 11.4 Å². The second kappa shape index (κ2) is 5.07. The van der Waals surface area contributed by atoms with Gasteiger partial charge in [-0.3, -0.25) is 4.79 Å². The highest BCUT2D eigenvalue weighted by Crippen LogP contribution is 2.19. The topological polar surface area (TPSA) is 72.1 Å². The number of rotatable bonds is 4. The third-order valence-corrected chi connectivity index (χ3v) is 2.10. The van der Waals surface area contributed by atoms with Crippen molar-refractivity contribution in [2.45, 2.75) is 19.9 Å². The Morgan fingerprint density at radius 1 is 1.69 bits per heavy atom. The molecule has 1 aromatic rings. The van der Waals surface area contributed by atoms with Gasteiger partial charge in [-0.1, -0.05) is 0 Å². The lowest BCUT2D eigenvalue weighted by atomic mass is 10.3. The molecule has 0 atom stereocenters. The Balaban J connectivity index is 3.09. The van der Waals surface area contributed by atoms with Gasteiger partial charge in [-0.15, -0.1) is 0 Å². The molecule has 0 fully saturated rings. The van der Waals surface area contributed by atoms with E-state index in [4.69, 9.17) is 17.3 Å². The molecular formula is C9H12ClFN4O. The summed E-state index contributed by atoms with van der Waals surface area (Å²) in [5.74, 6) is -1.23. The van der Waals surface area contributed by atoms with Crippen LogP contribution in [0.1, 0.15) is 13.8 Å². The largest absolute Gasteiger partial charge is 0.368 e. The normalized spacial score (nSPS) is 10.6. The third kappa shape index (κ3) is 3.03. The van der Waals surface area contributed by atoms with Crippen LogP contribution in [0.5, 0.6) is 0 Å². The predicted molar refractivity (Wildman–Crippen MR) is 58.7 cm³/mol. The molecule has 5 nitrogen and oxygen atoms in total.